The summed E-state index contributed by atoms with van der Waals surface area (Å²) in [7, 11) is 0. The van der Waals surface area contributed by atoms with Gasteiger partial charge in [-0.05, 0) is 19.1 Å². The fraction of sp³-hybridized carbons (Fsp3) is 0.375. The van der Waals surface area contributed by atoms with Crippen molar-refractivity contribution in [1.29, 1.82) is 0 Å². The number of hydrogen-bond donors (Lipinski definition) is 2. The molecule has 1 atom stereocenters. The van der Waals surface area contributed by atoms with Gasteiger partial charge in [0.2, 0.25) is 23.4 Å². The highest BCUT2D eigenvalue weighted by atomic mass is 19.2. The summed E-state index contributed by atoms with van der Waals surface area (Å²) in [6.45, 7) is 1.23. The van der Waals surface area contributed by atoms with Gasteiger partial charge in [-0.3, -0.25) is 29.1 Å². The lowest BCUT2D eigenvalue weighted by atomic mass is 10.1. The van der Waals surface area contributed by atoms with E-state index in [1.165, 1.54) is 4.90 Å². The minimum atomic E-state index is -1.88. The van der Waals surface area contributed by atoms with E-state index >= 15 is 0 Å². The van der Waals surface area contributed by atoms with Crippen molar-refractivity contribution in [3.05, 3.63) is 58.9 Å². The fourth-order valence-corrected chi connectivity index (χ4v) is 3.73. The number of carboxylic acids is 1. The van der Waals surface area contributed by atoms with Crippen LogP contribution in [0.1, 0.15) is 17.8 Å². The summed E-state index contributed by atoms with van der Waals surface area (Å²) >= 11 is 0. The van der Waals surface area contributed by atoms with Crippen LogP contribution in [0.3, 0.4) is 0 Å². The van der Waals surface area contributed by atoms with Gasteiger partial charge in [0.1, 0.15) is 12.6 Å². The molecule has 1 aliphatic heterocycles. The van der Waals surface area contributed by atoms with Gasteiger partial charge in [0.15, 0.2) is 23.2 Å². The van der Waals surface area contributed by atoms with Crippen molar-refractivity contribution in [1.82, 2.24) is 20.1 Å². The number of pyridine rings is 1. The Morgan fingerprint density at radius 2 is 1.82 bits per heavy atom. The lowest BCUT2D eigenvalue weighted by Crippen LogP contribution is -2.54. The number of benzene rings is 1. The highest BCUT2D eigenvalue weighted by Crippen LogP contribution is 2.26. The molecule has 1 aromatic heterocycles. The highest BCUT2D eigenvalue weighted by Gasteiger charge is 2.30. The molecule has 10 nitrogen and oxygen atoms in total. The van der Waals surface area contributed by atoms with Crippen molar-refractivity contribution >= 4 is 23.6 Å². The first-order valence-corrected chi connectivity index (χ1v) is 11.4. The Labute approximate surface area is 214 Å². The zero-order valence-corrected chi connectivity index (χ0v) is 20.2. The molecule has 0 unspecified atom stereocenters. The molecule has 1 aromatic carbocycles. The molecule has 0 spiro atoms. The lowest BCUT2D eigenvalue weighted by molar-refractivity contribution is -0.143. The van der Waals surface area contributed by atoms with E-state index in [0.29, 0.717) is 13.1 Å². The molecule has 0 bridgehead atoms. The normalized spacial score (nSPS) is 14.8. The monoisotopic (exact) mass is 540 g/mol. The summed E-state index contributed by atoms with van der Waals surface area (Å²) in [5, 5.41) is 11.2. The summed E-state index contributed by atoms with van der Waals surface area (Å²) in [6, 6.07) is 3.77. The van der Waals surface area contributed by atoms with Crippen LogP contribution in [-0.4, -0.2) is 82.3 Å². The Morgan fingerprint density at radius 3 is 2.42 bits per heavy atom. The first kappa shape index (κ1) is 28.5. The summed E-state index contributed by atoms with van der Waals surface area (Å²) in [4.78, 5) is 56.1. The lowest BCUT2D eigenvalue weighted by Gasteiger charge is -2.34. The number of hydrogen-bond acceptors (Lipinski definition) is 7. The van der Waals surface area contributed by atoms with Gasteiger partial charge in [-0.2, -0.15) is 8.78 Å². The second-order valence-electron chi connectivity index (χ2n) is 8.57. The van der Waals surface area contributed by atoms with Gasteiger partial charge in [-0.15, -0.1) is 0 Å². The van der Waals surface area contributed by atoms with E-state index < -0.39 is 72.3 Å². The van der Waals surface area contributed by atoms with E-state index in [-0.39, 0.29) is 25.1 Å². The number of ketones is 1. The smallest absolute Gasteiger partial charge is 0.305 e. The Morgan fingerprint density at radius 1 is 1.13 bits per heavy atom. The number of piperazine rings is 1. The van der Waals surface area contributed by atoms with Crippen LogP contribution in [0.5, 0.6) is 5.75 Å². The molecule has 14 heteroatoms. The number of carbonyl (C=O) groups is 4. The number of nitrogens with one attached hydrogen (secondary N) is 1. The van der Waals surface area contributed by atoms with Gasteiger partial charge in [0.05, 0.1) is 25.2 Å². The third kappa shape index (κ3) is 7.47. The van der Waals surface area contributed by atoms with E-state index in [1.807, 2.05) is 30.0 Å². The number of aliphatic carboxylic acids is 1. The minimum Gasteiger partial charge on any atom is -0.481 e. The number of ether oxygens (including phenoxy) is 1. The van der Waals surface area contributed by atoms with Crippen LogP contribution in [0.15, 0.2) is 24.3 Å². The van der Waals surface area contributed by atoms with E-state index in [0.717, 1.165) is 11.4 Å². The van der Waals surface area contributed by atoms with Crippen LogP contribution in [-0.2, 0) is 25.7 Å². The molecule has 0 saturated carbocycles. The van der Waals surface area contributed by atoms with Gasteiger partial charge >= 0.3 is 5.97 Å². The largest absolute Gasteiger partial charge is 0.481 e. The van der Waals surface area contributed by atoms with Gasteiger partial charge < -0.3 is 20.1 Å². The standard InChI is InChI=1S/C24H24F4N4O6/c1-13-3-2-4-14(29-13)9-31-5-6-32(20(35)11-31)10-19(34)30-17(8-21(36)37)18(33)12-38-24-22(27)15(25)7-16(26)23(24)28/h2-4,7,17H,5-6,8-12H2,1H3,(H,30,34)(H,36,37)/t17-/m0/s1. The molecular formula is C24H24F4N4O6. The van der Waals surface area contributed by atoms with Crippen LogP contribution in [0.25, 0.3) is 0 Å². The summed E-state index contributed by atoms with van der Waals surface area (Å²) < 4.78 is 58.7. The molecule has 1 aliphatic rings. The van der Waals surface area contributed by atoms with E-state index in [4.69, 9.17) is 5.11 Å². The molecule has 0 radical (unpaired) electrons. The number of aromatic nitrogens is 1. The van der Waals surface area contributed by atoms with Crippen molar-refractivity contribution in [2.45, 2.75) is 25.9 Å². The second kappa shape index (κ2) is 12.4. The summed E-state index contributed by atoms with van der Waals surface area (Å²) in [5.74, 6) is -12.6. The Balaban J connectivity index is 1.56. The van der Waals surface area contributed by atoms with Crippen molar-refractivity contribution in [2.24, 2.45) is 0 Å². The third-order valence-corrected chi connectivity index (χ3v) is 5.60. The molecule has 3 rings (SSSR count). The zero-order chi connectivity index (χ0) is 28.0. The molecule has 204 valence electrons. The van der Waals surface area contributed by atoms with Crippen molar-refractivity contribution < 1.29 is 46.6 Å². The number of carboxylic acid groups (broad SMARTS) is 1. The predicted octanol–water partition coefficient (Wildman–Crippen LogP) is 1.20. The average Bonchev–Trinajstić information content (AvgIpc) is 2.83. The second-order valence-corrected chi connectivity index (χ2v) is 8.57. The zero-order valence-electron chi connectivity index (χ0n) is 20.2. The number of amides is 2. The first-order valence-electron chi connectivity index (χ1n) is 11.4. The average molecular weight is 540 g/mol. The van der Waals surface area contributed by atoms with Crippen LogP contribution in [0, 0.1) is 30.2 Å². The van der Waals surface area contributed by atoms with E-state index in [2.05, 4.69) is 15.0 Å². The number of carbonyl (C=O) groups excluding carboxylic acids is 3. The molecule has 38 heavy (non-hydrogen) atoms. The SMILES string of the molecule is Cc1cccc(CN2CCN(CC(=O)N[C@@H](CC(=O)O)C(=O)COc3c(F)c(F)cc(F)c3F)C(=O)C2)n1. The predicted molar refractivity (Wildman–Crippen MR) is 122 cm³/mol. The minimum absolute atomic E-state index is 0.00947. The van der Waals surface area contributed by atoms with Crippen molar-refractivity contribution in [3.63, 3.8) is 0 Å². The maximum Gasteiger partial charge on any atom is 0.305 e. The number of aryl methyl sites for hydroxylation is 1. The Bertz CT molecular complexity index is 1220. The Kier molecular flexibility index (Phi) is 9.34. The summed E-state index contributed by atoms with van der Waals surface area (Å²) in [6.07, 6.45) is -0.915. The van der Waals surface area contributed by atoms with Gasteiger partial charge in [-0.1, -0.05) is 6.07 Å². The summed E-state index contributed by atoms with van der Waals surface area (Å²) in [5.41, 5.74) is 1.61. The van der Waals surface area contributed by atoms with Crippen LogP contribution < -0.4 is 10.1 Å². The number of rotatable bonds is 11. The molecular weight excluding hydrogens is 516 g/mol. The Hall–Kier alpha value is -4.07. The van der Waals surface area contributed by atoms with Crippen LogP contribution >= 0.6 is 0 Å². The van der Waals surface area contributed by atoms with Gasteiger partial charge in [0.25, 0.3) is 0 Å². The fourth-order valence-electron chi connectivity index (χ4n) is 3.73. The van der Waals surface area contributed by atoms with Gasteiger partial charge in [0, 0.05) is 31.4 Å². The molecule has 2 aromatic rings. The van der Waals surface area contributed by atoms with Crippen LogP contribution in [0.2, 0.25) is 0 Å². The molecule has 1 fully saturated rings. The molecule has 0 aliphatic carbocycles. The number of nitrogens with zero attached hydrogens (tertiary/aromatic N) is 3. The topological polar surface area (TPSA) is 129 Å². The van der Waals surface area contributed by atoms with E-state index in [9.17, 15) is 36.7 Å². The van der Waals surface area contributed by atoms with Crippen molar-refractivity contribution in [2.75, 3.05) is 32.8 Å². The molecule has 2 amide bonds. The van der Waals surface area contributed by atoms with Crippen LogP contribution in [0.4, 0.5) is 17.6 Å². The molecule has 1 saturated heterocycles. The maximum atomic E-state index is 13.8. The third-order valence-electron chi connectivity index (χ3n) is 5.60. The molecule has 2 N–H and O–H groups in total. The first-order chi connectivity index (χ1) is 17.9. The van der Waals surface area contributed by atoms with E-state index in [1.54, 1.807) is 0 Å². The highest BCUT2D eigenvalue weighted by molar-refractivity contribution is 5.94. The maximum absolute atomic E-state index is 13.8. The van der Waals surface area contributed by atoms with Gasteiger partial charge in [-0.25, -0.2) is 8.78 Å². The van der Waals surface area contributed by atoms with Crippen molar-refractivity contribution in [3.8, 4) is 5.75 Å². The number of Topliss-reactive ketones (excluding diaryl/α,β-unsaturated/α-hetero) is 1. The molecule has 2 heterocycles. The number of halogens is 4. The quantitative estimate of drug-likeness (QED) is 0.322.